The van der Waals surface area contributed by atoms with Crippen LogP contribution in [-0.2, 0) is 11.2 Å². The highest BCUT2D eigenvalue weighted by molar-refractivity contribution is 9.10. The molecule has 0 spiro atoms. The summed E-state index contributed by atoms with van der Waals surface area (Å²) in [4.78, 5) is 21.1. The third-order valence-corrected chi connectivity index (χ3v) is 5.47. The molecule has 0 unspecified atom stereocenters. The zero-order chi connectivity index (χ0) is 12.4. The summed E-state index contributed by atoms with van der Waals surface area (Å²) in [6.07, 6.45) is 2.40. The number of aryl methyl sites for hydroxylation is 1. The van der Waals surface area contributed by atoms with E-state index in [-0.39, 0.29) is 5.75 Å². The Morgan fingerprint density at radius 3 is 3.00 bits per heavy atom. The molecule has 0 saturated carbocycles. The van der Waals surface area contributed by atoms with Crippen molar-refractivity contribution >= 4 is 55.2 Å². The fraction of sp³-hybridized carbons (Fsp3) is 0.300. The van der Waals surface area contributed by atoms with Crippen molar-refractivity contribution in [2.24, 2.45) is 0 Å². The van der Waals surface area contributed by atoms with E-state index in [1.165, 1.54) is 23.0 Å². The Kier molecular flexibility index (Phi) is 4.01. The lowest BCUT2D eigenvalue weighted by atomic mass is 10.3. The quantitative estimate of drug-likeness (QED) is 0.688. The summed E-state index contributed by atoms with van der Waals surface area (Å²) in [6.45, 7) is 2.08. The first-order valence-corrected chi connectivity index (χ1v) is 7.49. The Balaban J connectivity index is 2.48. The molecule has 0 aliphatic heterocycles. The molecule has 90 valence electrons. The normalized spacial score (nSPS) is 10.9. The van der Waals surface area contributed by atoms with E-state index >= 15 is 0 Å². The van der Waals surface area contributed by atoms with Gasteiger partial charge >= 0.3 is 5.97 Å². The summed E-state index contributed by atoms with van der Waals surface area (Å²) in [6, 6.07) is 0. The van der Waals surface area contributed by atoms with Gasteiger partial charge in [0.1, 0.15) is 16.2 Å². The average Bonchev–Trinajstić information content (AvgIpc) is 2.64. The van der Waals surface area contributed by atoms with Gasteiger partial charge in [0.2, 0.25) is 0 Å². The minimum Gasteiger partial charge on any atom is -0.481 e. The molecule has 0 atom stereocenters. The maximum Gasteiger partial charge on any atom is 0.313 e. The van der Waals surface area contributed by atoms with E-state index in [4.69, 9.17) is 5.11 Å². The molecule has 2 aromatic rings. The first-order chi connectivity index (χ1) is 8.13. The van der Waals surface area contributed by atoms with Gasteiger partial charge in [-0.2, -0.15) is 0 Å². The van der Waals surface area contributed by atoms with Crippen LogP contribution in [0.3, 0.4) is 0 Å². The van der Waals surface area contributed by atoms with Crippen molar-refractivity contribution < 1.29 is 9.90 Å². The highest BCUT2D eigenvalue weighted by Gasteiger charge is 2.15. The fourth-order valence-corrected chi connectivity index (χ4v) is 4.31. The van der Waals surface area contributed by atoms with Crippen LogP contribution in [0.25, 0.3) is 10.2 Å². The van der Waals surface area contributed by atoms with Crippen molar-refractivity contribution in [3.8, 4) is 0 Å². The van der Waals surface area contributed by atoms with Crippen LogP contribution in [0.1, 0.15) is 11.8 Å². The van der Waals surface area contributed by atoms with Crippen LogP contribution in [0.4, 0.5) is 0 Å². The fourth-order valence-electron chi connectivity index (χ4n) is 1.39. The second-order valence-electron chi connectivity index (χ2n) is 3.23. The van der Waals surface area contributed by atoms with E-state index in [2.05, 4.69) is 32.8 Å². The van der Waals surface area contributed by atoms with Crippen molar-refractivity contribution in [3.05, 3.63) is 15.7 Å². The molecule has 0 aromatic carbocycles. The number of carboxylic acid groups (broad SMARTS) is 1. The minimum absolute atomic E-state index is 0.00978. The van der Waals surface area contributed by atoms with E-state index in [0.717, 1.165) is 26.1 Å². The SMILES string of the molecule is CCc1sc2ncnc(SCC(=O)O)c2c1Br. The smallest absolute Gasteiger partial charge is 0.313 e. The van der Waals surface area contributed by atoms with Crippen molar-refractivity contribution in [1.82, 2.24) is 9.97 Å². The number of aliphatic carboxylic acids is 1. The molecule has 17 heavy (non-hydrogen) atoms. The predicted octanol–water partition coefficient (Wildman–Crippen LogP) is 3.19. The zero-order valence-corrected chi connectivity index (χ0v) is 12.2. The Bertz CT molecular complexity index is 571. The van der Waals surface area contributed by atoms with Crippen molar-refractivity contribution in [3.63, 3.8) is 0 Å². The summed E-state index contributed by atoms with van der Waals surface area (Å²) in [7, 11) is 0. The number of thioether (sulfide) groups is 1. The third kappa shape index (κ3) is 2.61. The van der Waals surface area contributed by atoms with Crippen LogP contribution >= 0.6 is 39.0 Å². The number of nitrogens with zero attached hydrogens (tertiary/aromatic N) is 2. The van der Waals surface area contributed by atoms with Crippen molar-refractivity contribution in [1.29, 1.82) is 0 Å². The number of halogens is 1. The summed E-state index contributed by atoms with van der Waals surface area (Å²) in [5.74, 6) is -0.834. The molecule has 0 amide bonds. The van der Waals surface area contributed by atoms with Crippen molar-refractivity contribution in [2.75, 3.05) is 5.75 Å². The van der Waals surface area contributed by atoms with Gasteiger partial charge in [-0.15, -0.1) is 11.3 Å². The van der Waals surface area contributed by atoms with Crippen LogP contribution in [0.15, 0.2) is 15.8 Å². The van der Waals surface area contributed by atoms with Crippen molar-refractivity contribution in [2.45, 2.75) is 18.4 Å². The summed E-state index contributed by atoms with van der Waals surface area (Å²) in [5.41, 5.74) is 0. The van der Waals surface area contributed by atoms with Gasteiger partial charge < -0.3 is 5.11 Å². The molecule has 4 nitrogen and oxygen atoms in total. The average molecular weight is 333 g/mol. The molecular formula is C10H9BrN2O2S2. The van der Waals surface area contributed by atoms with Crippen LogP contribution in [0.2, 0.25) is 0 Å². The summed E-state index contributed by atoms with van der Waals surface area (Å²) < 4.78 is 0.994. The lowest BCUT2D eigenvalue weighted by molar-refractivity contribution is -0.133. The number of thiophene rings is 1. The first-order valence-electron chi connectivity index (χ1n) is 4.90. The van der Waals surface area contributed by atoms with Crippen LogP contribution in [0.5, 0.6) is 0 Å². The molecule has 2 rings (SSSR count). The van der Waals surface area contributed by atoms with Gasteiger partial charge in [0.05, 0.1) is 11.1 Å². The van der Waals surface area contributed by atoms with Crippen LogP contribution < -0.4 is 0 Å². The molecule has 0 fully saturated rings. The molecule has 0 aliphatic carbocycles. The number of carbonyl (C=O) groups is 1. The van der Waals surface area contributed by atoms with Gasteiger partial charge in [0.15, 0.2) is 0 Å². The van der Waals surface area contributed by atoms with Crippen LogP contribution in [-0.4, -0.2) is 26.8 Å². The number of aromatic nitrogens is 2. The number of carboxylic acids is 1. The molecular weight excluding hydrogens is 324 g/mol. The van der Waals surface area contributed by atoms with Gasteiger partial charge in [-0.05, 0) is 22.4 Å². The Hall–Kier alpha value is -0.660. The lowest BCUT2D eigenvalue weighted by Crippen LogP contribution is -1.98. The topological polar surface area (TPSA) is 63.1 Å². The van der Waals surface area contributed by atoms with Crippen LogP contribution in [0, 0.1) is 0 Å². The molecule has 0 bridgehead atoms. The highest BCUT2D eigenvalue weighted by Crippen LogP contribution is 2.38. The molecule has 2 aromatic heterocycles. The van der Waals surface area contributed by atoms with Gasteiger partial charge in [-0.25, -0.2) is 9.97 Å². The van der Waals surface area contributed by atoms with E-state index in [0.29, 0.717) is 0 Å². The van der Waals surface area contributed by atoms with E-state index < -0.39 is 5.97 Å². The minimum atomic E-state index is -0.844. The standard InChI is InChI=1S/C10H9BrN2O2S2/c1-2-5-8(11)7-9(16-3-6(14)15)12-4-13-10(7)17-5/h4H,2-3H2,1H3,(H,14,15). The lowest BCUT2D eigenvalue weighted by Gasteiger charge is -1.99. The number of fused-ring (bicyclic) bond motifs is 1. The zero-order valence-electron chi connectivity index (χ0n) is 8.94. The number of hydrogen-bond acceptors (Lipinski definition) is 5. The molecule has 0 saturated heterocycles. The Morgan fingerprint density at radius 2 is 2.35 bits per heavy atom. The van der Waals surface area contributed by atoms with E-state index in [9.17, 15) is 4.79 Å². The molecule has 0 radical (unpaired) electrons. The number of hydrogen-bond donors (Lipinski definition) is 1. The summed E-state index contributed by atoms with van der Waals surface area (Å²) >= 11 is 6.38. The second-order valence-corrected chi connectivity index (χ2v) is 6.07. The van der Waals surface area contributed by atoms with E-state index in [1.54, 1.807) is 11.3 Å². The van der Waals surface area contributed by atoms with Gasteiger partial charge in [0.25, 0.3) is 0 Å². The Labute approximate surface area is 115 Å². The molecule has 2 heterocycles. The Morgan fingerprint density at radius 1 is 1.59 bits per heavy atom. The number of rotatable bonds is 4. The van der Waals surface area contributed by atoms with Gasteiger partial charge in [-0.1, -0.05) is 18.7 Å². The predicted molar refractivity (Wildman–Crippen MR) is 72.9 cm³/mol. The van der Waals surface area contributed by atoms with Gasteiger partial charge in [0, 0.05) is 9.35 Å². The molecule has 7 heteroatoms. The van der Waals surface area contributed by atoms with E-state index in [1.807, 2.05) is 0 Å². The maximum atomic E-state index is 10.6. The maximum absolute atomic E-state index is 10.6. The largest absolute Gasteiger partial charge is 0.481 e. The summed E-state index contributed by atoms with van der Waals surface area (Å²) in [5, 5.41) is 10.3. The third-order valence-electron chi connectivity index (χ3n) is 2.12. The highest BCUT2D eigenvalue weighted by atomic mass is 79.9. The molecule has 0 aliphatic rings. The molecule has 1 N–H and O–H groups in total. The second kappa shape index (κ2) is 5.32. The first kappa shape index (κ1) is 12.8. The monoisotopic (exact) mass is 332 g/mol. The van der Waals surface area contributed by atoms with Gasteiger partial charge in [-0.3, -0.25) is 4.79 Å².